The molecule has 0 N–H and O–H groups in total. The summed E-state index contributed by atoms with van der Waals surface area (Å²) in [6, 6.07) is 42.3. The minimum absolute atomic E-state index is 0.0689. The molecule has 0 bridgehead atoms. The minimum Gasteiger partial charge on any atom is -0.456 e. The molecule has 0 saturated carbocycles. The summed E-state index contributed by atoms with van der Waals surface area (Å²) in [5.41, 5.74) is 5.29. The maximum atomic E-state index is 13.5. The van der Waals surface area contributed by atoms with E-state index in [1.807, 2.05) is 108 Å². The Morgan fingerprint density at radius 2 is 1.26 bits per heavy atom. The lowest BCUT2D eigenvalue weighted by Crippen LogP contribution is -2.36. The second kappa shape index (κ2) is 10.3. The summed E-state index contributed by atoms with van der Waals surface area (Å²) in [4.78, 5) is 13.5. The zero-order valence-electron chi connectivity index (χ0n) is 23.3. The molecule has 0 unspecified atom stereocenters. The van der Waals surface area contributed by atoms with E-state index in [2.05, 4.69) is 41.0 Å². The van der Waals surface area contributed by atoms with Crippen LogP contribution in [0, 0.1) is 0 Å². The maximum Gasteiger partial charge on any atom is 0.245 e. The molecule has 43 heavy (non-hydrogen) atoms. The van der Waals surface area contributed by atoms with Gasteiger partial charge in [0.05, 0.1) is 5.57 Å². The van der Waals surface area contributed by atoms with E-state index in [1.54, 1.807) is 0 Å². The van der Waals surface area contributed by atoms with Gasteiger partial charge in [0.15, 0.2) is 17.6 Å². The number of aromatic nitrogens is 2. The van der Waals surface area contributed by atoms with Crippen molar-refractivity contribution in [2.75, 3.05) is 0 Å². The van der Waals surface area contributed by atoms with Crippen LogP contribution in [0.2, 0.25) is 0 Å². The van der Waals surface area contributed by atoms with E-state index in [4.69, 9.17) is 8.83 Å². The Morgan fingerprint density at radius 3 is 1.95 bits per heavy atom. The van der Waals surface area contributed by atoms with Gasteiger partial charge in [0.1, 0.15) is 29.2 Å². The molecule has 8 aromatic rings. The average molecular weight is 560 g/mol. The number of para-hydroxylation sites is 4. The Morgan fingerprint density at radius 1 is 0.651 bits per heavy atom. The molecule has 3 aromatic heterocycles. The second-order valence-corrected chi connectivity index (χ2v) is 10.8. The molecule has 0 amide bonds. The SMILES string of the molecule is O=C(C[n+]1cn(CC=C(c2cc3ccccc3o2)c2cc3ccccc3o2)c2ccccc21)c1ccc2ccccc2c1. The van der Waals surface area contributed by atoms with E-state index in [0.29, 0.717) is 12.1 Å². The van der Waals surface area contributed by atoms with Gasteiger partial charge in [0.2, 0.25) is 12.1 Å². The number of fused-ring (bicyclic) bond motifs is 4. The van der Waals surface area contributed by atoms with Gasteiger partial charge in [-0.3, -0.25) is 4.79 Å². The Labute approximate surface area is 247 Å². The molecular weight excluding hydrogens is 532 g/mol. The number of carbonyl (C=O) groups is 1. The molecular formula is C38H27N2O3+. The lowest BCUT2D eigenvalue weighted by molar-refractivity contribution is -0.657. The number of nitrogens with zero attached hydrogens (tertiary/aromatic N) is 2. The Hall–Kier alpha value is -5.68. The molecule has 5 heteroatoms. The Balaban J connectivity index is 1.17. The molecule has 0 saturated heterocycles. The first-order chi connectivity index (χ1) is 21.2. The third-order valence-corrected chi connectivity index (χ3v) is 8.04. The lowest BCUT2D eigenvalue weighted by Gasteiger charge is -2.02. The number of hydrogen-bond acceptors (Lipinski definition) is 3. The minimum atomic E-state index is 0.0689. The van der Waals surface area contributed by atoms with Crippen LogP contribution in [0.1, 0.15) is 21.9 Å². The summed E-state index contributed by atoms with van der Waals surface area (Å²) in [5.74, 6) is 1.56. The van der Waals surface area contributed by atoms with Crippen molar-refractivity contribution in [3.05, 3.63) is 157 Å². The first kappa shape index (κ1) is 25.1. The van der Waals surface area contributed by atoms with Gasteiger partial charge >= 0.3 is 0 Å². The van der Waals surface area contributed by atoms with Crippen LogP contribution in [0.15, 0.2) is 149 Å². The number of carbonyl (C=O) groups excluding carboxylic acids is 1. The van der Waals surface area contributed by atoms with Gasteiger partial charge in [-0.25, -0.2) is 9.13 Å². The Kier molecular flexibility index (Phi) is 6.00. The molecule has 0 aliphatic carbocycles. The van der Waals surface area contributed by atoms with Crippen LogP contribution in [0.3, 0.4) is 0 Å². The highest BCUT2D eigenvalue weighted by Gasteiger charge is 2.20. The van der Waals surface area contributed by atoms with Gasteiger partial charge < -0.3 is 8.83 Å². The summed E-state index contributed by atoms with van der Waals surface area (Å²) in [5, 5.41) is 4.27. The summed E-state index contributed by atoms with van der Waals surface area (Å²) in [6.07, 6.45) is 4.16. The standard InChI is InChI=1S/C38H27N2O3/c41-34(28-18-17-26-9-1-2-10-27(26)21-28)24-40-25-39(32-13-5-6-14-33(32)40)20-19-31(37-22-29-11-3-7-15-35(29)42-37)38-23-30-12-4-8-16-36(30)43-38/h1-19,21-23,25H,20,24H2/q+1. The van der Waals surface area contributed by atoms with Crippen molar-refractivity contribution in [2.45, 2.75) is 13.1 Å². The monoisotopic (exact) mass is 559 g/mol. The molecule has 206 valence electrons. The molecule has 5 aromatic carbocycles. The number of ketones is 1. The zero-order valence-corrected chi connectivity index (χ0v) is 23.3. The van der Waals surface area contributed by atoms with Crippen molar-refractivity contribution in [1.29, 1.82) is 0 Å². The van der Waals surface area contributed by atoms with Gasteiger partial charge in [0.25, 0.3) is 0 Å². The van der Waals surface area contributed by atoms with Gasteiger partial charge in [-0.1, -0.05) is 84.9 Å². The number of allylic oxidation sites excluding steroid dienone is 1. The van der Waals surface area contributed by atoms with Gasteiger partial charge in [-0.2, -0.15) is 0 Å². The highest BCUT2D eigenvalue weighted by molar-refractivity contribution is 5.99. The molecule has 0 aliphatic rings. The first-order valence-electron chi connectivity index (χ1n) is 14.4. The summed E-state index contributed by atoms with van der Waals surface area (Å²) in [6.45, 7) is 0.802. The van der Waals surface area contributed by atoms with E-state index in [9.17, 15) is 4.79 Å². The number of furan rings is 2. The predicted molar refractivity (Wildman–Crippen MR) is 170 cm³/mol. The van der Waals surface area contributed by atoms with Crippen LogP contribution in [-0.4, -0.2) is 10.4 Å². The molecule has 3 heterocycles. The summed E-state index contributed by atoms with van der Waals surface area (Å²) >= 11 is 0. The van der Waals surface area contributed by atoms with Crippen molar-refractivity contribution in [2.24, 2.45) is 0 Å². The molecule has 8 rings (SSSR count). The van der Waals surface area contributed by atoms with Crippen molar-refractivity contribution in [1.82, 2.24) is 4.57 Å². The van der Waals surface area contributed by atoms with E-state index in [1.165, 1.54) is 0 Å². The number of Topliss-reactive ketones (excluding diaryl/α,β-unsaturated/α-hetero) is 1. The fourth-order valence-corrected chi connectivity index (χ4v) is 5.86. The highest BCUT2D eigenvalue weighted by atomic mass is 16.4. The average Bonchev–Trinajstić information content (AvgIpc) is 3.76. The summed E-state index contributed by atoms with van der Waals surface area (Å²) < 4.78 is 16.8. The highest BCUT2D eigenvalue weighted by Crippen LogP contribution is 2.33. The predicted octanol–water partition coefficient (Wildman–Crippen LogP) is 8.59. The quantitative estimate of drug-likeness (QED) is 0.145. The lowest BCUT2D eigenvalue weighted by atomic mass is 10.0. The third kappa shape index (κ3) is 4.61. The van der Waals surface area contributed by atoms with Crippen molar-refractivity contribution < 1.29 is 18.2 Å². The third-order valence-electron chi connectivity index (χ3n) is 8.04. The molecule has 0 fully saturated rings. The van der Waals surface area contributed by atoms with Gasteiger partial charge in [0, 0.05) is 16.3 Å². The molecule has 0 atom stereocenters. The maximum absolute atomic E-state index is 13.5. The van der Waals surface area contributed by atoms with Crippen molar-refractivity contribution in [3.8, 4) is 0 Å². The van der Waals surface area contributed by atoms with Crippen molar-refractivity contribution >= 4 is 55.1 Å². The number of hydrogen-bond donors (Lipinski definition) is 0. The fourth-order valence-electron chi connectivity index (χ4n) is 5.86. The van der Waals surface area contributed by atoms with E-state index in [-0.39, 0.29) is 12.3 Å². The molecule has 0 radical (unpaired) electrons. The van der Waals surface area contributed by atoms with E-state index >= 15 is 0 Å². The van der Waals surface area contributed by atoms with Gasteiger partial charge in [-0.15, -0.1) is 0 Å². The molecule has 5 nitrogen and oxygen atoms in total. The van der Waals surface area contributed by atoms with Crippen LogP contribution >= 0.6 is 0 Å². The molecule has 0 aliphatic heterocycles. The number of benzene rings is 5. The van der Waals surface area contributed by atoms with Crippen LogP contribution in [0.5, 0.6) is 0 Å². The molecule has 0 spiro atoms. The largest absolute Gasteiger partial charge is 0.456 e. The normalized spacial score (nSPS) is 11.5. The number of rotatable bonds is 7. The smallest absolute Gasteiger partial charge is 0.245 e. The summed E-state index contributed by atoms with van der Waals surface area (Å²) in [7, 11) is 0. The fraction of sp³-hybridized carbons (Fsp3) is 0.0526. The zero-order chi connectivity index (χ0) is 28.8. The Bertz CT molecular complexity index is 2190. The van der Waals surface area contributed by atoms with Crippen LogP contribution in [0.25, 0.3) is 49.3 Å². The van der Waals surface area contributed by atoms with Gasteiger partial charge in [-0.05, 0) is 59.3 Å². The van der Waals surface area contributed by atoms with Crippen molar-refractivity contribution in [3.63, 3.8) is 0 Å². The van der Waals surface area contributed by atoms with Crippen LogP contribution in [0.4, 0.5) is 0 Å². The van der Waals surface area contributed by atoms with Crippen LogP contribution < -0.4 is 4.57 Å². The topological polar surface area (TPSA) is 52.2 Å². The first-order valence-corrected chi connectivity index (χ1v) is 14.4. The van der Waals surface area contributed by atoms with E-state index < -0.39 is 0 Å². The number of imidazole rings is 1. The second-order valence-electron chi connectivity index (χ2n) is 10.8. The van der Waals surface area contributed by atoms with Crippen LogP contribution in [-0.2, 0) is 13.1 Å². The van der Waals surface area contributed by atoms with E-state index in [0.717, 1.165) is 60.8 Å².